The van der Waals surface area contributed by atoms with Crippen LogP contribution in [0.5, 0.6) is 0 Å². The van der Waals surface area contributed by atoms with Crippen LogP contribution in [0.4, 0.5) is 0 Å². The van der Waals surface area contributed by atoms with Crippen LogP contribution < -0.4 is 5.32 Å². The summed E-state index contributed by atoms with van der Waals surface area (Å²) in [7, 11) is 0. The molecule has 2 heterocycles. The van der Waals surface area contributed by atoms with Crippen LogP contribution in [0.1, 0.15) is 41.2 Å². The van der Waals surface area contributed by atoms with E-state index in [-0.39, 0.29) is 25.9 Å². The van der Waals surface area contributed by atoms with Crippen molar-refractivity contribution in [2.75, 3.05) is 19.6 Å². The smallest absolute Gasteiger partial charge is 0.270 e. The summed E-state index contributed by atoms with van der Waals surface area (Å²) >= 11 is 0. The van der Waals surface area contributed by atoms with Crippen molar-refractivity contribution in [2.45, 2.75) is 39.8 Å². The Morgan fingerprint density at radius 3 is 2.67 bits per heavy atom. The maximum absolute atomic E-state index is 12.0. The molecule has 0 radical (unpaired) electrons. The summed E-state index contributed by atoms with van der Waals surface area (Å²) in [5.41, 5.74) is 3.76. The third-order valence-electron chi connectivity index (χ3n) is 4.21. The molecule has 1 aliphatic heterocycles. The zero-order chi connectivity index (χ0) is 18.9. The van der Waals surface area contributed by atoms with Crippen LogP contribution >= 0.6 is 13.5 Å². The third kappa shape index (κ3) is 6.93. The van der Waals surface area contributed by atoms with E-state index in [1.165, 1.54) is 17.5 Å². The molecular formula is C20H30N4O2S. The van der Waals surface area contributed by atoms with Crippen LogP contribution in [-0.2, 0) is 13.0 Å². The van der Waals surface area contributed by atoms with Gasteiger partial charge in [-0.15, -0.1) is 0 Å². The van der Waals surface area contributed by atoms with E-state index in [0.717, 1.165) is 25.2 Å². The van der Waals surface area contributed by atoms with E-state index in [0.29, 0.717) is 12.2 Å². The summed E-state index contributed by atoms with van der Waals surface area (Å²) in [5, 5.41) is 12.9. The number of β-amino-alcohol motifs (C(OH)–C–C–N with tert-alkyl or cyclic N) is 1. The third-order valence-corrected chi connectivity index (χ3v) is 4.21. The minimum Gasteiger partial charge on any atom is -0.390 e. The Kier molecular flexibility index (Phi) is 9.99. The Bertz CT molecular complexity index is 727. The zero-order valence-corrected chi connectivity index (χ0v) is 17.3. The molecule has 6 nitrogen and oxygen atoms in total. The topological polar surface area (TPSA) is 78.4 Å². The van der Waals surface area contributed by atoms with Gasteiger partial charge in [0.1, 0.15) is 12.0 Å². The Hall–Kier alpha value is -1.96. The lowest BCUT2D eigenvalue weighted by Gasteiger charge is -2.30. The van der Waals surface area contributed by atoms with Crippen molar-refractivity contribution in [3.63, 3.8) is 0 Å². The second kappa shape index (κ2) is 11.7. The number of carbonyl (C=O) groups is 1. The average Bonchev–Trinajstić information content (AvgIpc) is 2.67. The summed E-state index contributed by atoms with van der Waals surface area (Å²) in [4.78, 5) is 22.2. The Morgan fingerprint density at radius 1 is 1.26 bits per heavy atom. The lowest BCUT2D eigenvalue weighted by Crippen LogP contribution is -2.42. The van der Waals surface area contributed by atoms with Gasteiger partial charge in [0, 0.05) is 31.9 Å². The van der Waals surface area contributed by atoms with Crippen LogP contribution in [0.2, 0.25) is 0 Å². The van der Waals surface area contributed by atoms with Crippen LogP contribution in [0.15, 0.2) is 36.7 Å². The number of aromatic nitrogens is 2. The largest absolute Gasteiger partial charge is 0.390 e. The van der Waals surface area contributed by atoms with Crippen molar-refractivity contribution < 1.29 is 9.90 Å². The molecule has 0 saturated carbocycles. The van der Waals surface area contributed by atoms with Gasteiger partial charge in [0.15, 0.2) is 0 Å². The molecule has 0 bridgehead atoms. The predicted octanol–water partition coefficient (Wildman–Crippen LogP) is 2.07. The maximum atomic E-state index is 12.0. The fraction of sp³-hybridized carbons (Fsp3) is 0.450. The van der Waals surface area contributed by atoms with Crippen molar-refractivity contribution in [3.8, 4) is 0 Å². The van der Waals surface area contributed by atoms with Gasteiger partial charge in [-0.25, -0.2) is 9.97 Å². The summed E-state index contributed by atoms with van der Waals surface area (Å²) in [5.74, 6) is -0.288. The van der Waals surface area contributed by atoms with Gasteiger partial charge >= 0.3 is 0 Å². The number of aryl methyl sites for hydroxylation is 1. The average molecular weight is 391 g/mol. The van der Waals surface area contributed by atoms with E-state index in [4.69, 9.17) is 0 Å². The molecule has 2 N–H and O–H groups in total. The molecule has 0 fully saturated rings. The van der Waals surface area contributed by atoms with Gasteiger partial charge in [-0.1, -0.05) is 38.1 Å². The monoisotopic (exact) mass is 390 g/mol. The summed E-state index contributed by atoms with van der Waals surface area (Å²) in [6, 6.07) is 10.0. The molecule has 1 aromatic heterocycles. The number of hydrogen-bond donors (Lipinski definition) is 2. The van der Waals surface area contributed by atoms with E-state index >= 15 is 0 Å². The highest BCUT2D eigenvalue weighted by molar-refractivity contribution is 7.59. The van der Waals surface area contributed by atoms with E-state index in [2.05, 4.69) is 38.4 Å². The molecule has 1 amide bonds. The first kappa shape index (κ1) is 23.1. The Labute approximate surface area is 168 Å². The number of nitrogens with one attached hydrogen (secondary N) is 1. The number of amides is 1. The highest BCUT2D eigenvalue weighted by Gasteiger charge is 2.19. The normalized spacial score (nSPS) is 14.1. The zero-order valence-electron chi connectivity index (χ0n) is 16.3. The molecule has 1 aliphatic rings. The fourth-order valence-corrected chi connectivity index (χ4v) is 2.95. The van der Waals surface area contributed by atoms with Crippen LogP contribution in [-0.4, -0.2) is 51.6 Å². The first-order valence-electron chi connectivity index (χ1n) is 9.16. The minimum absolute atomic E-state index is 0. The highest BCUT2D eigenvalue weighted by Crippen LogP contribution is 2.18. The molecule has 148 valence electrons. The predicted molar refractivity (Wildman–Crippen MR) is 112 cm³/mol. The molecule has 0 spiro atoms. The number of hydrogen-bond acceptors (Lipinski definition) is 5. The Morgan fingerprint density at radius 2 is 1.96 bits per heavy atom. The van der Waals surface area contributed by atoms with Crippen molar-refractivity contribution >= 4 is 19.4 Å². The quantitative estimate of drug-likeness (QED) is 0.817. The molecular weight excluding hydrogens is 360 g/mol. The second-order valence-electron chi connectivity index (χ2n) is 6.16. The summed E-state index contributed by atoms with van der Waals surface area (Å²) in [6.07, 6.45) is 1.75. The van der Waals surface area contributed by atoms with Crippen molar-refractivity contribution in [1.29, 1.82) is 0 Å². The minimum atomic E-state index is -0.609. The van der Waals surface area contributed by atoms with Gasteiger partial charge in [0.05, 0.1) is 6.10 Å². The van der Waals surface area contributed by atoms with Crippen LogP contribution in [0.25, 0.3) is 0 Å². The van der Waals surface area contributed by atoms with Crippen molar-refractivity contribution in [1.82, 2.24) is 20.2 Å². The molecule has 0 aliphatic carbocycles. The van der Waals surface area contributed by atoms with Gasteiger partial charge in [-0.05, 0) is 30.5 Å². The van der Waals surface area contributed by atoms with Crippen molar-refractivity contribution in [3.05, 3.63) is 59.2 Å². The molecule has 7 heteroatoms. The summed E-state index contributed by atoms with van der Waals surface area (Å²) in [6.45, 7) is 8.32. The van der Waals surface area contributed by atoms with Gasteiger partial charge in [-0.2, -0.15) is 13.5 Å². The van der Waals surface area contributed by atoms with Gasteiger partial charge in [0.2, 0.25) is 0 Å². The molecule has 2 aromatic rings. The lowest BCUT2D eigenvalue weighted by atomic mass is 10.00. The van der Waals surface area contributed by atoms with Crippen LogP contribution in [0.3, 0.4) is 0 Å². The SMILES string of the molecule is CC.Cc1cc(C(=O)NC[C@H](O)CN2CCc3ccccc3C2)ncn1.S. The lowest BCUT2D eigenvalue weighted by molar-refractivity contribution is 0.0838. The number of carbonyl (C=O) groups excluding carboxylic acids is 1. The number of rotatable bonds is 5. The first-order chi connectivity index (χ1) is 12.6. The number of fused-ring (bicyclic) bond motifs is 1. The van der Waals surface area contributed by atoms with Gasteiger partial charge in [0.25, 0.3) is 5.91 Å². The van der Waals surface area contributed by atoms with E-state index < -0.39 is 6.10 Å². The molecule has 1 atom stereocenters. The molecule has 0 unspecified atom stereocenters. The van der Waals surface area contributed by atoms with E-state index in [1.807, 2.05) is 26.8 Å². The number of aliphatic hydroxyl groups is 1. The molecule has 1 aromatic carbocycles. The van der Waals surface area contributed by atoms with Gasteiger partial charge < -0.3 is 10.4 Å². The molecule has 3 rings (SSSR count). The van der Waals surface area contributed by atoms with Gasteiger partial charge in [-0.3, -0.25) is 9.69 Å². The Balaban J connectivity index is 0.00000118. The van der Waals surface area contributed by atoms with E-state index in [1.54, 1.807) is 6.07 Å². The number of benzene rings is 1. The van der Waals surface area contributed by atoms with Crippen LogP contribution in [0, 0.1) is 6.92 Å². The molecule has 27 heavy (non-hydrogen) atoms. The maximum Gasteiger partial charge on any atom is 0.270 e. The number of nitrogens with zero attached hydrogens (tertiary/aromatic N) is 3. The summed E-state index contributed by atoms with van der Waals surface area (Å²) < 4.78 is 0. The van der Waals surface area contributed by atoms with E-state index in [9.17, 15) is 9.90 Å². The highest BCUT2D eigenvalue weighted by atomic mass is 32.1. The number of aliphatic hydroxyl groups excluding tert-OH is 1. The second-order valence-corrected chi connectivity index (χ2v) is 6.16. The molecule has 0 saturated heterocycles. The van der Waals surface area contributed by atoms with Crippen molar-refractivity contribution in [2.24, 2.45) is 0 Å². The first-order valence-corrected chi connectivity index (χ1v) is 9.16. The fourth-order valence-electron chi connectivity index (χ4n) is 2.95. The standard InChI is InChI=1S/C18H22N4O2.C2H6.H2S/c1-13-8-17(21-12-20-13)18(24)19-9-16(23)11-22-7-6-14-4-2-3-5-15(14)10-22;1-2;/h2-5,8,12,16,23H,6-7,9-11H2,1H3,(H,19,24);1-2H3;1H2/t16-;;/m0../s1.